The molecule has 0 amide bonds. The summed E-state index contributed by atoms with van der Waals surface area (Å²) in [7, 11) is 0. The molecule has 0 aliphatic carbocycles. The van der Waals surface area contributed by atoms with Crippen LogP contribution in [0.3, 0.4) is 0 Å². The van der Waals surface area contributed by atoms with Gasteiger partial charge in [-0.2, -0.15) is 0 Å². The van der Waals surface area contributed by atoms with Gasteiger partial charge in [0.25, 0.3) is 0 Å². The van der Waals surface area contributed by atoms with E-state index in [-0.39, 0.29) is 6.61 Å². The largest absolute Gasteiger partial charge is 0.480 e. The SMILES string of the molecule is O=C(O)COCC(O)c1ccc(Cl)s1. The average molecular weight is 237 g/mol. The van der Waals surface area contributed by atoms with Crippen LogP contribution in [0.2, 0.25) is 4.34 Å². The summed E-state index contributed by atoms with van der Waals surface area (Å²) in [5.74, 6) is -1.05. The lowest BCUT2D eigenvalue weighted by Crippen LogP contribution is -2.12. The van der Waals surface area contributed by atoms with Gasteiger partial charge < -0.3 is 14.9 Å². The number of rotatable bonds is 5. The molecule has 0 fully saturated rings. The monoisotopic (exact) mass is 236 g/mol. The van der Waals surface area contributed by atoms with Crippen LogP contribution in [0.15, 0.2) is 12.1 Å². The molecule has 1 aromatic heterocycles. The normalized spacial score (nSPS) is 12.7. The van der Waals surface area contributed by atoms with Crippen LogP contribution < -0.4 is 0 Å². The summed E-state index contributed by atoms with van der Waals surface area (Å²) in [4.78, 5) is 10.8. The second-order valence-electron chi connectivity index (χ2n) is 2.57. The van der Waals surface area contributed by atoms with Crippen molar-refractivity contribution in [2.24, 2.45) is 0 Å². The first-order valence-corrected chi connectivity index (χ1v) is 5.02. The number of halogens is 1. The molecule has 1 unspecified atom stereocenters. The number of carbonyl (C=O) groups is 1. The molecule has 1 aromatic rings. The molecule has 14 heavy (non-hydrogen) atoms. The van der Waals surface area contributed by atoms with Gasteiger partial charge in [-0.05, 0) is 12.1 Å². The standard InChI is InChI=1S/C8H9ClO4S/c9-7-2-1-6(14-7)5(10)3-13-4-8(11)12/h1-2,5,10H,3-4H2,(H,11,12). The zero-order valence-corrected chi connectivity index (χ0v) is 8.72. The van der Waals surface area contributed by atoms with Crippen molar-refractivity contribution in [2.45, 2.75) is 6.10 Å². The lowest BCUT2D eigenvalue weighted by atomic mass is 10.3. The molecule has 0 aliphatic rings. The van der Waals surface area contributed by atoms with Crippen LogP contribution in [0.4, 0.5) is 0 Å². The molecule has 6 heteroatoms. The van der Waals surface area contributed by atoms with E-state index < -0.39 is 18.7 Å². The van der Waals surface area contributed by atoms with Gasteiger partial charge in [0.2, 0.25) is 0 Å². The minimum Gasteiger partial charge on any atom is -0.480 e. The topological polar surface area (TPSA) is 66.8 Å². The molecule has 2 N–H and O–H groups in total. The minimum atomic E-state index is -1.05. The van der Waals surface area contributed by atoms with Crippen LogP contribution in [0, 0.1) is 0 Å². The highest BCUT2D eigenvalue weighted by Gasteiger charge is 2.10. The van der Waals surface area contributed by atoms with Crippen molar-refractivity contribution in [3.05, 3.63) is 21.3 Å². The molecule has 0 saturated carbocycles. The predicted octanol–water partition coefficient (Wildman–Crippen LogP) is 1.54. The number of aliphatic hydroxyl groups is 1. The van der Waals surface area contributed by atoms with E-state index in [1.807, 2.05) is 0 Å². The summed E-state index contributed by atoms with van der Waals surface area (Å²) in [6.45, 7) is -0.445. The maximum absolute atomic E-state index is 10.1. The highest BCUT2D eigenvalue weighted by atomic mass is 35.5. The van der Waals surface area contributed by atoms with Crippen LogP contribution >= 0.6 is 22.9 Å². The van der Waals surface area contributed by atoms with Crippen molar-refractivity contribution in [3.8, 4) is 0 Å². The number of ether oxygens (including phenoxy) is 1. The Kier molecular flexibility index (Phi) is 4.34. The summed E-state index contributed by atoms with van der Waals surface area (Å²) >= 11 is 6.90. The Morgan fingerprint density at radius 2 is 2.36 bits per heavy atom. The lowest BCUT2D eigenvalue weighted by Gasteiger charge is -2.07. The Bertz CT molecular complexity index is 312. The third kappa shape index (κ3) is 3.63. The van der Waals surface area contributed by atoms with E-state index in [0.29, 0.717) is 9.21 Å². The fourth-order valence-corrected chi connectivity index (χ4v) is 1.88. The quantitative estimate of drug-likeness (QED) is 0.814. The van der Waals surface area contributed by atoms with Gasteiger partial charge in [0.05, 0.1) is 10.9 Å². The lowest BCUT2D eigenvalue weighted by molar-refractivity contribution is -0.143. The second-order valence-corrected chi connectivity index (χ2v) is 4.31. The highest BCUT2D eigenvalue weighted by molar-refractivity contribution is 7.16. The molecular formula is C8H9ClO4S. The number of hydrogen-bond acceptors (Lipinski definition) is 4. The fraction of sp³-hybridized carbons (Fsp3) is 0.375. The summed E-state index contributed by atoms with van der Waals surface area (Å²) < 4.78 is 5.32. The van der Waals surface area contributed by atoms with Gasteiger partial charge in [-0.25, -0.2) is 4.79 Å². The molecule has 0 aliphatic heterocycles. The second kappa shape index (κ2) is 5.31. The number of hydrogen-bond donors (Lipinski definition) is 2. The smallest absolute Gasteiger partial charge is 0.329 e. The number of aliphatic hydroxyl groups excluding tert-OH is 1. The van der Waals surface area contributed by atoms with Crippen molar-refractivity contribution in [1.82, 2.24) is 0 Å². The van der Waals surface area contributed by atoms with Gasteiger partial charge in [-0.15, -0.1) is 11.3 Å². The van der Waals surface area contributed by atoms with E-state index in [1.165, 1.54) is 11.3 Å². The molecule has 0 radical (unpaired) electrons. The Labute approximate surface area is 89.7 Å². The molecule has 1 rings (SSSR count). The van der Waals surface area contributed by atoms with Gasteiger partial charge in [-0.1, -0.05) is 11.6 Å². The molecule has 0 saturated heterocycles. The van der Waals surface area contributed by atoms with Gasteiger partial charge in [-0.3, -0.25) is 0 Å². The Balaban J connectivity index is 2.35. The maximum Gasteiger partial charge on any atom is 0.329 e. The van der Waals surface area contributed by atoms with E-state index in [0.717, 1.165) is 0 Å². The Morgan fingerprint density at radius 1 is 1.64 bits per heavy atom. The highest BCUT2D eigenvalue weighted by Crippen LogP contribution is 2.26. The van der Waals surface area contributed by atoms with Gasteiger partial charge in [0.15, 0.2) is 0 Å². The first kappa shape index (κ1) is 11.5. The van der Waals surface area contributed by atoms with Crippen LogP contribution in [-0.2, 0) is 9.53 Å². The molecule has 1 heterocycles. The maximum atomic E-state index is 10.1. The summed E-state index contributed by atoms with van der Waals surface area (Å²) in [5, 5.41) is 17.8. The van der Waals surface area contributed by atoms with E-state index in [1.54, 1.807) is 12.1 Å². The molecule has 0 aromatic carbocycles. The number of carboxylic acids is 1. The van der Waals surface area contributed by atoms with Gasteiger partial charge in [0.1, 0.15) is 12.7 Å². The van der Waals surface area contributed by atoms with Gasteiger partial charge in [0, 0.05) is 4.88 Å². The zero-order valence-electron chi connectivity index (χ0n) is 7.14. The van der Waals surface area contributed by atoms with E-state index in [9.17, 15) is 9.90 Å². The van der Waals surface area contributed by atoms with E-state index in [2.05, 4.69) is 0 Å². The minimum absolute atomic E-state index is 0.0385. The molecule has 4 nitrogen and oxygen atoms in total. The van der Waals surface area contributed by atoms with Gasteiger partial charge >= 0.3 is 5.97 Å². The van der Waals surface area contributed by atoms with Crippen LogP contribution in [-0.4, -0.2) is 29.4 Å². The molecular weight excluding hydrogens is 228 g/mol. The van der Waals surface area contributed by atoms with Crippen LogP contribution in [0.25, 0.3) is 0 Å². The number of carboxylic acid groups (broad SMARTS) is 1. The summed E-state index contributed by atoms with van der Waals surface area (Å²) in [5.41, 5.74) is 0. The molecule has 0 spiro atoms. The number of aliphatic carboxylic acids is 1. The van der Waals surface area contributed by atoms with Crippen LogP contribution in [0.1, 0.15) is 11.0 Å². The third-order valence-electron chi connectivity index (χ3n) is 1.42. The summed E-state index contributed by atoms with van der Waals surface area (Å²) in [6.07, 6.45) is -0.813. The molecule has 0 bridgehead atoms. The third-order valence-corrected chi connectivity index (χ3v) is 2.76. The van der Waals surface area contributed by atoms with Crippen molar-refractivity contribution in [1.29, 1.82) is 0 Å². The number of thiophene rings is 1. The van der Waals surface area contributed by atoms with Crippen LogP contribution in [0.5, 0.6) is 0 Å². The van der Waals surface area contributed by atoms with E-state index >= 15 is 0 Å². The van der Waals surface area contributed by atoms with Crippen molar-refractivity contribution in [2.75, 3.05) is 13.2 Å². The van der Waals surface area contributed by atoms with Crippen molar-refractivity contribution in [3.63, 3.8) is 0 Å². The molecule has 1 atom stereocenters. The fourth-order valence-electron chi connectivity index (χ4n) is 0.847. The molecule has 78 valence electrons. The van der Waals surface area contributed by atoms with Crippen molar-refractivity contribution >= 4 is 28.9 Å². The van der Waals surface area contributed by atoms with E-state index in [4.69, 9.17) is 21.4 Å². The zero-order chi connectivity index (χ0) is 10.6. The predicted molar refractivity (Wildman–Crippen MR) is 52.7 cm³/mol. The first-order valence-electron chi connectivity index (χ1n) is 3.82. The summed E-state index contributed by atoms with van der Waals surface area (Å²) in [6, 6.07) is 3.35. The average Bonchev–Trinajstić information content (AvgIpc) is 2.51. The van der Waals surface area contributed by atoms with Crippen molar-refractivity contribution < 1.29 is 19.7 Å². The Morgan fingerprint density at radius 3 is 2.86 bits per heavy atom. The Hall–Kier alpha value is -0.620. The first-order chi connectivity index (χ1) is 6.59.